The number of hydrogen-bond acceptors (Lipinski definition) is 3. The number of rotatable bonds is 5. The average molecular weight is 251 g/mol. The molecule has 3 rings (SSSR count). The van der Waals surface area contributed by atoms with E-state index in [-0.39, 0.29) is 0 Å². The highest BCUT2D eigenvalue weighted by molar-refractivity contribution is 5.49. The van der Waals surface area contributed by atoms with Gasteiger partial charge in [0.25, 0.3) is 0 Å². The summed E-state index contributed by atoms with van der Waals surface area (Å²) in [6, 6.07) is 12.2. The fourth-order valence-electron chi connectivity index (χ4n) is 1.93. The molecule has 1 heterocycles. The predicted molar refractivity (Wildman–Crippen MR) is 78.0 cm³/mol. The highest BCUT2D eigenvalue weighted by Crippen LogP contribution is 2.37. The van der Waals surface area contributed by atoms with Gasteiger partial charge in [-0.25, -0.2) is 9.97 Å². The van der Waals surface area contributed by atoms with E-state index in [0.29, 0.717) is 5.92 Å². The zero-order valence-electron chi connectivity index (χ0n) is 10.8. The van der Waals surface area contributed by atoms with E-state index >= 15 is 0 Å². The maximum Gasteiger partial charge on any atom is 0.133 e. The van der Waals surface area contributed by atoms with Gasteiger partial charge in [-0.15, -0.1) is 0 Å². The molecular weight excluding hydrogens is 234 g/mol. The smallest absolute Gasteiger partial charge is 0.133 e. The van der Waals surface area contributed by atoms with Crippen LogP contribution in [0.5, 0.6) is 0 Å². The van der Waals surface area contributed by atoms with Crippen LogP contribution in [-0.2, 0) is 0 Å². The summed E-state index contributed by atoms with van der Waals surface area (Å²) in [4.78, 5) is 8.83. The molecule has 0 aliphatic heterocycles. The van der Waals surface area contributed by atoms with Gasteiger partial charge >= 0.3 is 0 Å². The molecule has 2 aromatic rings. The lowest BCUT2D eigenvalue weighted by molar-refractivity contribution is 0.926. The molecule has 0 radical (unpaired) electrons. The van der Waals surface area contributed by atoms with Gasteiger partial charge in [0.05, 0.1) is 0 Å². The van der Waals surface area contributed by atoms with Crippen molar-refractivity contribution in [3.8, 4) is 0 Å². The van der Waals surface area contributed by atoms with Gasteiger partial charge in [-0.3, -0.25) is 0 Å². The first-order chi connectivity index (χ1) is 9.42. The van der Waals surface area contributed by atoms with Gasteiger partial charge in [-0.05, 0) is 24.5 Å². The first kappa shape index (κ1) is 11.9. The SMILES string of the molecule is C(=C\c1ccccc1)/CNc1ccnc(C2CC2)n1. The monoisotopic (exact) mass is 251 g/mol. The van der Waals surface area contributed by atoms with E-state index in [9.17, 15) is 0 Å². The van der Waals surface area contributed by atoms with E-state index in [0.717, 1.165) is 18.2 Å². The van der Waals surface area contributed by atoms with Crippen molar-refractivity contribution in [1.29, 1.82) is 0 Å². The average Bonchev–Trinajstić information content (AvgIpc) is 3.30. The second-order valence-corrected chi connectivity index (χ2v) is 4.77. The molecule has 0 amide bonds. The molecule has 0 saturated heterocycles. The van der Waals surface area contributed by atoms with Crippen LogP contribution in [0.2, 0.25) is 0 Å². The van der Waals surface area contributed by atoms with Gasteiger partial charge in [0, 0.05) is 18.7 Å². The number of benzene rings is 1. The molecule has 0 unspecified atom stereocenters. The molecule has 1 aliphatic carbocycles. The van der Waals surface area contributed by atoms with Gasteiger partial charge < -0.3 is 5.32 Å². The normalized spacial score (nSPS) is 14.7. The van der Waals surface area contributed by atoms with Crippen molar-refractivity contribution in [2.24, 2.45) is 0 Å². The van der Waals surface area contributed by atoms with Crippen LogP contribution < -0.4 is 5.32 Å². The van der Waals surface area contributed by atoms with E-state index in [2.05, 4.69) is 39.6 Å². The van der Waals surface area contributed by atoms with Crippen LogP contribution in [-0.4, -0.2) is 16.5 Å². The Balaban J connectivity index is 1.54. The molecule has 1 aromatic carbocycles. The lowest BCUT2D eigenvalue weighted by Crippen LogP contribution is -2.03. The minimum Gasteiger partial charge on any atom is -0.366 e. The summed E-state index contributed by atoms with van der Waals surface area (Å²) >= 11 is 0. The fourth-order valence-corrected chi connectivity index (χ4v) is 1.93. The van der Waals surface area contributed by atoms with Crippen LogP contribution in [0.4, 0.5) is 5.82 Å². The summed E-state index contributed by atoms with van der Waals surface area (Å²) in [7, 11) is 0. The van der Waals surface area contributed by atoms with Crippen LogP contribution >= 0.6 is 0 Å². The van der Waals surface area contributed by atoms with Crippen molar-refractivity contribution in [1.82, 2.24) is 9.97 Å². The Morgan fingerprint density at radius 1 is 1.16 bits per heavy atom. The summed E-state index contributed by atoms with van der Waals surface area (Å²) in [5, 5.41) is 3.30. The van der Waals surface area contributed by atoms with Gasteiger partial charge in [-0.1, -0.05) is 42.5 Å². The molecule has 1 saturated carbocycles. The van der Waals surface area contributed by atoms with Gasteiger partial charge in [0.15, 0.2) is 0 Å². The van der Waals surface area contributed by atoms with Gasteiger partial charge in [-0.2, -0.15) is 0 Å². The van der Waals surface area contributed by atoms with Crippen molar-refractivity contribution in [3.63, 3.8) is 0 Å². The third-order valence-corrected chi connectivity index (χ3v) is 3.13. The van der Waals surface area contributed by atoms with Crippen molar-refractivity contribution in [3.05, 3.63) is 60.1 Å². The zero-order valence-corrected chi connectivity index (χ0v) is 10.8. The largest absolute Gasteiger partial charge is 0.366 e. The first-order valence-corrected chi connectivity index (χ1v) is 6.70. The Bertz CT molecular complexity index is 559. The first-order valence-electron chi connectivity index (χ1n) is 6.70. The van der Waals surface area contributed by atoms with Crippen molar-refractivity contribution in [2.75, 3.05) is 11.9 Å². The maximum atomic E-state index is 4.52. The fraction of sp³-hybridized carbons (Fsp3) is 0.250. The number of nitrogens with zero attached hydrogens (tertiary/aromatic N) is 2. The minimum absolute atomic E-state index is 0.599. The Kier molecular flexibility index (Phi) is 3.54. The predicted octanol–water partition coefficient (Wildman–Crippen LogP) is 3.48. The lowest BCUT2D eigenvalue weighted by Gasteiger charge is -2.03. The lowest BCUT2D eigenvalue weighted by atomic mass is 10.2. The number of hydrogen-bond donors (Lipinski definition) is 1. The molecule has 1 aliphatic rings. The minimum atomic E-state index is 0.599. The van der Waals surface area contributed by atoms with Crippen LogP contribution in [0.25, 0.3) is 6.08 Å². The standard InChI is InChI=1S/C16H17N3/c1-2-5-13(6-3-1)7-4-11-17-15-10-12-18-16(19-15)14-8-9-14/h1-7,10,12,14H,8-9,11H2,(H,17,18,19)/b7-4+. The van der Waals surface area contributed by atoms with Crippen LogP contribution in [0.15, 0.2) is 48.7 Å². The molecule has 96 valence electrons. The van der Waals surface area contributed by atoms with Crippen LogP contribution in [0.1, 0.15) is 30.1 Å². The molecule has 0 bridgehead atoms. The van der Waals surface area contributed by atoms with E-state index in [1.54, 1.807) is 0 Å². The Hall–Kier alpha value is -2.16. The van der Waals surface area contributed by atoms with E-state index in [1.165, 1.54) is 18.4 Å². The van der Waals surface area contributed by atoms with Gasteiger partial charge in [0.1, 0.15) is 11.6 Å². The molecule has 19 heavy (non-hydrogen) atoms. The molecular formula is C16H17N3. The third kappa shape index (κ3) is 3.41. The molecule has 1 aromatic heterocycles. The summed E-state index contributed by atoms with van der Waals surface area (Å²) < 4.78 is 0. The summed E-state index contributed by atoms with van der Waals surface area (Å²) in [6.07, 6.45) is 8.52. The molecule has 0 atom stereocenters. The Morgan fingerprint density at radius 2 is 2.00 bits per heavy atom. The number of aromatic nitrogens is 2. The Labute approximate surface area is 113 Å². The topological polar surface area (TPSA) is 37.8 Å². The second-order valence-electron chi connectivity index (χ2n) is 4.77. The Morgan fingerprint density at radius 3 is 2.79 bits per heavy atom. The number of anilines is 1. The summed E-state index contributed by atoms with van der Waals surface area (Å²) in [5.41, 5.74) is 1.21. The van der Waals surface area contributed by atoms with Crippen molar-refractivity contribution in [2.45, 2.75) is 18.8 Å². The van der Waals surface area contributed by atoms with Gasteiger partial charge in [0.2, 0.25) is 0 Å². The quantitative estimate of drug-likeness (QED) is 0.884. The molecule has 3 nitrogen and oxygen atoms in total. The molecule has 0 spiro atoms. The molecule has 1 fully saturated rings. The van der Waals surface area contributed by atoms with Crippen molar-refractivity contribution >= 4 is 11.9 Å². The van der Waals surface area contributed by atoms with E-state index in [1.807, 2.05) is 30.5 Å². The number of nitrogens with one attached hydrogen (secondary N) is 1. The molecule has 1 N–H and O–H groups in total. The molecule has 3 heteroatoms. The van der Waals surface area contributed by atoms with Crippen LogP contribution in [0.3, 0.4) is 0 Å². The highest BCUT2D eigenvalue weighted by atomic mass is 15.0. The van der Waals surface area contributed by atoms with Crippen molar-refractivity contribution < 1.29 is 0 Å². The maximum absolute atomic E-state index is 4.52. The zero-order chi connectivity index (χ0) is 12.9. The van der Waals surface area contributed by atoms with E-state index < -0.39 is 0 Å². The van der Waals surface area contributed by atoms with E-state index in [4.69, 9.17) is 0 Å². The highest BCUT2D eigenvalue weighted by Gasteiger charge is 2.26. The third-order valence-electron chi connectivity index (χ3n) is 3.13. The van der Waals surface area contributed by atoms with Crippen LogP contribution in [0, 0.1) is 0 Å². The second kappa shape index (κ2) is 5.65. The summed E-state index contributed by atoms with van der Waals surface area (Å²) in [5.74, 6) is 2.49. The summed E-state index contributed by atoms with van der Waals surface area (Å²) in [6.45, 7) is 0.774.